The van der Waals surface area contributed by atoms with Gasteiger partial charge in [0.25, 0.3) is 0 Å². The van der Waals surface area contributed by atoms with Gasteiger partial charge in [-0.2, -0.15) is 0 Å². The fourth-order valence-corrected chi connectivity index (χ4v) is 11.5. The third-order valence-electron chi connectivity index (χ3n) is 13.1. The number of nitrogens with zero attached hydrogens (tertiary/aromatic N) is 2. The van der Waals surface area contributed by atoms with Gasteiger partial charge in [0.2, 0.25) is 0 Å². The van der Waals surface area contributed by atoms with Crippen LogP contribution in [0.1, 0.15) is 17.9 Å². The van der Waals surface area contributed by atoms with E-state index in [0.29, 0.717) is 5.92 Å². The summed E-state index contributed by atoms with van der Waals surface area (Å²) in [5.74, 6) is 0.314. The molecule has 0 saturated carbocycles. The Kier molecular flexibility index (Phi) is 7.64. The smallest absolute Gasteiger partial charge is 0.0541 e. The van der Waals surface area contributed by atoms with E-state index >= 15 is 0 Å². The summed E-state index contributed by atoms with van der Waals surface area (Å²) in [6, 6.07) is 72.0. The van der Waals surface area contributed by atoms with E-state index in [1.54, 1.807) is 0 Å². The van der Waals surface area contributed by atoms with E-state index in [1.807, 2.05) is 11.3 Å². The Labute approximate surface area is 358 Å². The summed E-state index contributed by atoms with van der Waals surface area (Å²) in [6.45, 7) is 0. The molecule has 0 bridgehead atoms. The molecule has 3 heterocycles. The number of hydrogen-bond donors (Lipinski definition) is 0. The Morgan fingerprint density at radius 2 is 1.10 bits per heavy atom. The number of anilines is 2. The zero-order chi connectivity index (χ0) is 40.0. The minimum absolute atomic E-state index is 0.314. The Hall–Kier alpha value is -7.46. The highest BCUT2D eigenvalue weighted by Crippen LogP contribution is 2.52. The molecule has 1 atom stereocenters. The average molecular weight is 795 g/mol. The van der Waals surface area contributed by atoms with Gasteiger partial charge in [-0.15, -0.1) is 11.3 Å². The van der Waals surface area contributed by atoms with Crippen molar-refractivity contribution in [3.8, 4) is 39.1 Å². The third kappa shape index (κ3) is 5.34. The van der Waals surface area contributed by atoms with Gasteiger partial charge in [0.05, 0.1) is 11.0 Å². The first kappa shape index (κ1) is 34.4. The van der Waals surface area contributed by atoms with Crippen LogP contribution in [0.25, 0.3) is 91.8 Å². The van der Waals surface area contributed by atoms with Crippen LogP contribution < -0.4 is 4.90 Å². The van der Waals surface area contributed by atoms with Crippen molar-refractivity contribution in [2.24, 2.45) is 0 Å². The summed E-state index contributed by atoms with van der Waals surface area (Å²) >= 11 is 1.89. The molecule has 2 aromatic heterocycles. The molecule has 13 rings (SSSR count). The van der Waals surface area contributed by atoms with Gasteiger partial charge < -0.3 is 9.47 Å². The standard InChI is InChI=1S/C58H38N2S/c1-2-13-44-37(11-1)12-9-17-45(44)38-23-29-42(30-24-38)59-53-20-6-3-14-47(53)51-35-40(27-33-55(51)59)41-28-34-56-52(36-41)48-15-4-7-21-54(48)60(56)43-31-25-39(26-32-43)46-18-10-19-50-49-16-5-8-22-57(49)61-58(46)50/h1-14,16-36,48H,15H2. The minimum atomic E-state index is 0.314. The lowest BCUT2D eigenvalue weighted by Crippen LogP contribution is -2.14. The summed E-state index contributed by atoms with van der Waals surface area (Å²) < 4.78 is 5.11. The van der Waals surface area contributed by atoms with Crippen LogP contribution in [0.2, 0.25) is 0 Å². The van der Waals surface area contributed by atoms with Gasteiger partial charge in [0.15, 0.2) is 0 Å². The van der Waals surface area contributed by atoms with E-state index in [2.05, 4.69) is 222 Å². The molecule has 11 aromatic rings. The van der Waals surface area contributed by atoms with Crippen molar-refractivity contribution in [1.29, 1.82) is 0 Å². The molecule has 0 amide bonds. The van der Waals surface area contributed by atoms with E-state index < -0.39 is 0 Å². The molecule has 0 spiro atoms. The number of aromatic nitrogens is 1. The van der Waals surface area contributed by atoms with E-state index in [4.69, 9.17) is 0 Å². The van der Waals surface area contributed by atoms with Crippen molar-refractivity contribution in [3.63, 3.8) is 0 Å². The lowest BCUT2D eigenvalue weighted by molar-refractivity contribution is 0.820. The van der Waals surface area contributed by atoms with E-state index in [0.717, 1.165) is 12.1 Å². The Balaban J connectivity index is 0.860. The monoisotopic (exact) mass is 794 g/mol. The summed E-state index contributed by atoms with van der Waals surface area (Å²) in [5.41, 5.74) is 16.3. The second-order valence-electron chi connectivity index (χ2n) is 16.4. The van der Waals surface area contributed by atoms with Crippen LogP contribution >= 0.6 is 11.3 Å². The molecule has 0 radical (unpaired) electrons. The lowest BCUT2D eigenvalue weighted by Gasteiger charge is -2.24. The van der Waals surface area contributed by atoms with Crippen LogP contribution in [0.15, 0.2) is 218 Å². The van der Waals surface area contributed by atoms with Gasteiger partial charge >= 0.3 is 0 Å². The van der Waals surface area contributed by atoms with E-state index in [1.165, 1.54) is 109 Å². The lowest BCUT2D eigenvalue weighted by atomic mass is 9.90. The Morgan fingerprint density at radius 3 is 1.98 bits per heavy atom. The SMILES string of the molecule is C1=CCC2C(=C1)N(c1ccc(-c3cccc4c3sc3ccccc34)cc1)c1ccc(-c3ccc4c(c3)c3ccccc3n4-c3ccc(-c4cccc5ccccc45)cc3)cc12. The number of rotatable bonds is 5. The predicted octanol–water partition coefficient (Wildman–Crippen LogP) is 16.4. The predicted molar refractivity (Wildman–Crippen MR) is 261 cm³/mol. The molecule has 9 aromatic carbocycles. The Bertz CT molecular complexity index is 3610. The van der Waals surface area contributed by atoms with Crippen molar-refractivity contribution >= 4 is 75.5 Å². The van der Waals surface area contributed by atoms with Gasteiger partial charge in [0.1, 0.15) is 0 Å². The first-order chi connectivity index (χ1) is 30.2. The van der Waals surface area contributed by atoms with Crippen LogP contribution in [0.4, 0.5) is 11.4 Å². The number of hydrogen-bond acceptors (Lipinski definition) is 2. The van der Waals surface area contributed by atoms with Crippen molar-refractivity contribution in [1.82, 2.24) is 4.57 Å². The minimum Gasteiger partial charge on any atom is -0.313 e. The maximum atomic E-state index is 2.49. The summed E-state index contributed by atoms with van der Waals surface area (Å²) in [7, 11) is 0. The highest BCUT2D eigenvalue weighted by Gasteiger charge is 2.35. The number of allylic oxidation sites excluding steroid dienone is 4. The van der Waals surface area contributed by atoms with Crippen LogP contribution in [0, 0.1) is 0 Å². The maximum Gasteiger partial charge on any atom is 0.0541 e. The summed E-state index contributed by atoms with van der Waals surface area (Å²) in [5, 5.41) is 7.74. The second kappa shape index (κ2) is 13.5. The number of benzene rings is 9. The van der Waals surface area contributed by atoms with Crippen molar-refractivity contribution in [3.05, 3.63) is 224 Å². The summed E-state index contributed by atoms with van der Waals surface area (Å²) in [6.07, 6.45) is 7.85. The zero-order valence-corrected chi connectivity index (χ0v) is 34.1. The fraction of sp³-hybridized carbons (Fsp3) is 0.0345. The topological polar surface area (TPSA) is 8.17 Å². The van der Waals surface area contributed by atoms with Gasteiger partial charge in [0, 0.05) is 59.6 Å². The maximum absolute atomic E-state index is 2.49. The second-order valence-corrected chi connectivity index (χ2v) is 17.5. The van der Waals surface area contributed by atoms with E-state index in [-0.39, 0.29) is 0 Å². The average Bonchev–Trinajstić information content (AvgIpc) is 3.99. The summed E-state index contributed by atoms with van der Waals surface area (Å²) in [4.78, 5) is 2.49. The molecule has 0 fully saturated rings. The molecular weight excluding hydrogens is 757 g/mol. The molecule has 0 N–H and O–H groups in total. The molecule has 3 heteroatoms. The van der Waals surface area contributed by atoms with Crippen LogP contribution in [-0.2, 0) is 0 Å². The molecule has 61 heavy (non-hydrogen) atoms. The van der Waals surface area contributed by atoms with Gasteiger partial charge in [-0.05, 0) is 123 Å². The normalized spacial score (nSPS) is 14.7. The van der Waals surface area contributed by atoms with Crippen LogP contribution in [0.5, 0.6) is 0 Å². The highest BCUT2D eigenvalue weighted by atomic mass is 32.1. The van der Waals surface area contributed by atoms with Crippen LogP contribution in [-0.4, -0.2) is 4.57 Å². The zero-order valence-electron chi connectivity index (χ0n) is 33.3. The fourth-order valence-electron chi connectivity index (χ4n) is 10.2. The van der Waals surface area contributed by atoms with Crippen LogP contribution in [0.3, 0.4) is 0 Å². The molecule has 286 valence electrons. The van der Waals surface area contributed by atoms with Gasteiger partial charge in [-0.25, -0.2) is 0 Å². The number of thiophene rings is 1. The molecule has 1 aliphatic heterocycles. The van der Waals surface area contributed by atoms with Gasteiger partial charge in [-0.3, -0.25) is 0 Å². The number of fused-ring (bicyclic) bond motifs is 10. The Morgan fingerprint density at radius 1 is 0.459 bits per heavy atom. The third-order valence-corrected chi connectivity index (χ3v) is 14.3. The van der Waals surface area contributed by atoms with Gasteiger partial charge in [-0.1, -0.05) is 146 Å². The first-order valence-corrected chi connectivity index (χ1v) is 22.0. The highest BCUT2D eigenvalue weighted by molar-refractivity contribution is 7.26. The molecule has 1 unspecified atom stereocenters. The molecule has 2 nitrogen and oxygen atoms in total. The quantitative estimate of drug-likeness (QED) is 0.168. The van der Waals surface area contributed by atoms with Crippen molar-refractivity contribution in [2.45, 2.75) is 12.3 Å². The molecule has 1 aliphatic carbocycles. The van der Waals surface area contributed by atoms with Crippen molar-refractivity contribution in [2.75, 3.05) is 4.90 Å². The van der Waals surface area contributed by atoms with Crippen molar-refractivity contribution < 1.29 is 0 Å². The molecule has 2 aliphatic rings. The molecule has 0 saturated heterocycles. The molecular formula is C58H38N2S. The van der Waals surface area contributed by atoms with E-state index in [9.17, 15) is 0 Å². The first-order valence-electron chi connectivity index (χ1n) is 21.2. The largest absolute Gasteiger partial charge is 0.313 e. The number of para-hydroxylation sites is 1.